The summed E-state index contributed by atoms with van der Waals surface area (Å²) in [6.07, 6.45) is 1.74. The number of nitrogens with one attached hydrogen (secondary N) is 1. The van der Waals surface area contributed by atoms with Crippen molar-refractivity contribution >= 4 is 45.7 Å². The van der Waals surface area contributed by atoms with Crippen molar-refractivity contribution in [3.63, 3.8) is 0 Å². The molecule has 0 unspecified atom stereocenters. The number of piperidine rings is 1. The van der Waals surface area contributed by atoms with Crippen molar-refractivity contribution in [2.75, 3.05) is 44.4 Å². The second-order valence-electron chi connectivity index (χ2n) is 8.37. The van der Waals surface area contributed by atoms with Crippen LogP contribution in [0.2, 0.25) is 5.02 Å². The predicted molar refractivity (Wildman–Crippen MR) is 133 cm³/mol. The highest BCUT2D eigenvalue weighted by atomic mass is 35.5. The van der Waals surface area contributed by atoms with Gasteiger partial charge in [0.05, 0.1) is 11.5 Å². The number of carbonyl (C=O) groups is 1. The second kappa shape index (κ2) is 9.37. The summed E-state index contributed by atoms with van der Waals surface area (Å²) in [4.78, 5) is 25.1. The maximum absolute atomic E-state index is 12.7. The highest BCUT2D eigenvalue weighted by Crippen LogP contribution is 2.36. The SMILES string of the molecule is CN1CCC2(CC1)N=C(SCC(=O)Nc1ccc3c(c1)OCCO3)C(c1ccc(Cl)cc1)=N2. The average molecular weight is 485 g/mol. The van der Waals surface area contributed by atoms with E-state index in [1.807, 2.05) is 36.4 Å². The zero-order valence-corrected chi connectivity index (χ0v) is 19.9. The molecule has 0 aromatic heterocycles. The molecular weight excluding hydrogens is 460 g/mol. The van der Waals surface area contributed by atoms with Gasteiger partial charge in [0.15, 0.2) is 17.2 Å². The largest absolute Gasteiger partial charge is 0.486 e. The van der Waals surface area contributed by atoms with Crippen molar-refractivity contribution in [3.8, 4) is 11.5 Å². The van der Waals surface area contributed by atoms with Gasteiger partial charge in [0.2, 0.25) is 5.91 Å². The average Bonchev–Trinajstić information content (AvgIpc) is 3.18. The minimum atomic E-state index is -0.434. The van der Waals surface area contributed by atoms with E-state index in [0.717, 1.165) is 42.3 Å². The molecule has 0 saturated carbocycles. The van der Waals surface area contributed by atoms with Crippen LogP contribution < -0.4 is 14.8 Å². The third-order valence-corrected chi connectivity index (χ3v) is 7.12. The van der Waals surface area contributed by atoms with Gasteiger partial charge in [-0.1, -0.05) is 35.5 Å². The Labute approximate surface area is 202 Å². The van der Waals surface area contributed by atoms with Crippen molar-refractivity contribution < 1.29 is 14.3 Å². The Balaban J connectivity index is 1.29. The van der Waals surface area contributed by atoms with Crippen LogP contribution in [0.5, 0.6) is 11.5 Å². The fourth-order valence-corrected chi connectivity index (χ4v) is 5.07. The number of fused-ring (bicyclic) bond motifs is 1. The van der Waals surface area contributed by atoms with Crippen LogP contribution in [0.4, 0.5) is 5.69 Å². The fraction of sp³-hybridized carbons (Fsp3) is 0.375. The van der Waals surface area contributed by atoms with Gasteiger partial charge in [-0.05, 0) is 31.3 Å². The molecule has 1 spiro atoms. The number of ether oxygens (including phenoxy) is 2. The zero-order valence-electron chi connectivity index (χ0n) is 18.3. The van der Waals surface area contributed by atoms with Crippen LogP contribution >= 0.6 is 23.4 Å². The summed E-state index contributed by atoms with van der Waals surface area (Å²) in [7, 11) is 2.12. The van der Waals surface area contributed by atoms with Crippen molar-refractivity contribution in [2.24, 2.45) is 9.98 Å². The molecule has 3 heterocycles. The van der Waals surface area contributed by atoms with Gasteiger partial charge in [-0.15, -0.1) is 0 Å². The van der Waals surface area contributed by atoms with Gasteiger partial charge in [-0.2, -0.15) is 0 Å². The van der Waals surface area contributed by atoms with E-state index in [4.69, 9.17) is 31.1 Å². The minimum Gasteiger partial charge on any atom is -0.486 e. The Morgan fingerprint density at radius 3 is 2.58 bits per heavy atom. The summed E-state index contributed by atoms with van der Waals surface area (Å²) < 4.78 is 11.1. The van der Waals surface area contributed by atoms with Crippen LogP contribution in [0.15, 0.2) is 52.4 Å². The van der Waals surface area contributed by atoms with E-state index in [0.29, 0.717) is 35.4 Å². The Hall–Kier alpha value is -2.55. The Morgan fingerprint density at radius 2 is 1.82 bits per heavy atom. The van der Waals surface area contributed by atoms with Gasteiger partial charge in [0.25, 0.3) is 0 Å². The van der Waals surface area contributed by atoms with Gasteiger partial charge in [-0.25, -0.2) is 4.99 Å². The molecule has 1 N–H and O–H groups in total. The third-order valence-electron chi connectivity index (χ3n) is 5.90. The summed E-state index contributed by atoms with van der Waals surface area (Å²) in [5.41, 5.74) is 2.05. The maximum atomic E-state index is 12.7. The minimum absolute atomic E-state index is 0.112. The molecule has 2 aromatic rings. The first kappa shape index (κ1) is 22.3. The van der Waals surface area contributed by atoms with E-state index in [2.05, 4.69) is 17.3 Å². The molecule has 3 aliphatic rings. The van der Waals surface area contributed by atoms with E-state index in [1.165, 1.54) is 11.8 Å². The van der Waals surface area contributed by atoms with Crippen LogP contribution in [0.1, 0.15) is 18.4 Å². The topological polar surface area (TPSA) is 75.5 Å². The molecule has 1 fully saturated rings. The summed E-state index contributed by atoms with van der Waals surface area (Å²) in [6, 6.07) is 13.1. The lowest BCUT2D eigenvalue weighted by atomic mass is 9.99. The van der Waals surface area contributed by atoms with Crippen molar-refractivity contribution in [1.82, 2.24) is 4.90 Å². The van der Waals surface area contributed by atoms with Crippen LogP contribution in [-0.4, -0.2) is 66.3 Å². The second-order valence-corrected chi connectivity index (χ2v) is 9.77. The van der Waals surface area contributed by atoms with E-state index in [-0.39, 0.29) is 11.7 Å². The molecule has 0 bridgehead atoms. The number of likely N-dealkylation sites (tertiary alicyclic amines) is 1. The number of carbonyl (C=O) groups excluding carboxylic acids is 1. The number of halogens is 1. The first-order chi connectivity index (χ1) is 16.0. The van der Waals surface area contributed by atoms with Crippen LogP contribution in [0, 0.1) is 0 Å². The van der Waals surface area contributed by atoms with Crippen LogP contribution in [0.25, 0.3) is 0 Å². The maximum Gasteiger partial charge on any atom is 0.234 e. The van der Waals surface area contributed by atoms with E-state index in [9.17, 15) is 4.79 Å². The summed E-state index contributed by atoms with van der Waals surface area (Å²) >= 11 is 7.51. The molecule has 2 aromatic carbocycles. The number of anilines is 1. The molecule has 9 heteroatoms. The number of rotatable bonds is 4. The van der Waals surface area contributed by atoms with Crippen molar-refractivity contribution in [2.45, 2.75) is 18.5 Å². The standard InChI is InChI=1S/C24H25ClN4O3S/c1-29-10-8-24(9-11-29)27-22(16-2-4-17(25)5-3-16)23(28-24)33-15-21(30)26-18-6-7-19-20(14-18)32-13-12-31-19/h2-7,14H,8-13,15H2,1H3,(H,26,30). The quantitative estimate of drug-likeness (QED) is 0.707. The highest BCUT2D eigenvalue weighted by molar-refractivity contribution is 8.16. The predicted octanol–water partition coefficient (Wildman–Crippen LogP) is 4.11. The van der Waals surface area contributed by atoms with E-state index < -0.39 is 5.66 Å². The lowest BCUT2D eigenvalue weighted by molar-refractivity contribution is -0.113. The zero-order chi connectivity index (χ0) is 22.8. The third kappa shape index (κ3) is 5.03. The number of amides is 1. The Bertz CT molecular complexity index is 1110. The molecule has 172 valence electrons. The molecule has 0 atom stereocenters. The van der Waals surface area contributed by atoms with Gasteiger partial charge in [-0.3, -0.25) is 9.79 Å². The van der Waals surface area contributed by atoms with Gasteiger partial charge >= 0.3 is 0 Å². The highest BCUT2D eigenvalue weighted by Gasteiger charge is 2.39. The number of nitrogens with zero attached hydrogens (tertiary/aromatic N) is 3. The molecule has 7 nitrogen and oxygen atoms in total. The monoisotopic (exact) mass is 484 g/mol. The molecule has 33 heavy (non-hydrogen) atoms. The lowest BCUT2D eigenvalue weighted by Crippen LogP contribution is -2.39. The van der Waals surface area contributed by atoms with Crippen LogP contribution in [-0.2, 0) is 4.79 Å². The van der Waals surface area contributed by atoms with Crippen molar-refractivity contribution in [3.05, 3.63) is 53.1 Å². The lowest BCUT2D eigenvalue weighted by Gasteiger charge is -2.33. The van der Waals surface area contributed by atoms with E-state index >= 15 is 0 Å². The smallest absolute Gasteiger partial charge is 0.234 e. The fourth-order valence-electron chi connectivity index (χ4n) is 4.07. The Kier molecular flexibility index (Phi) is 6.32. The molecule has 0 aliphatic carbocycles. The van der Waals surface area contributed by atoms with Gasteiger partial charge in [0.1, 0.15) is 18.3 Å². The number of benzene rings is 2. The molecule has 0 radical (unpaired) electrons. The molecule has 1 amide bonds. The normalized spacial score (nSPS) is 19.2. The van der Waals surface area contributed by atoms with Crippen LogP contribution in [0.3, 0.4) is 0 Å². The molecule has 5 rings (SSSR count). The van der Waals surface area contributed by atoms with E-state index in [1.54, 1.807) is 6.07 Å². The Morgan fingerprint density at radius 1 is 1.09 bits per heavy atom. The summed E-state index contributed by atoms with van der Waals surface area (Å²) in [5.74, 6) is 1.46. The van der Waals surface area contributed by atoms with Gasteiger partial charge in [0, 0.05) is 48.3 Å². The summed E-state index contributed by atoms with van der Waals surface area (Å²) in [6.45, 7) is 2.93. The van der Waals surface area contributed by atoms with Gasteiger partial charge < -0.3 is 19.7 Å². The molecular formula is C24H25ClN4O3S. The van der Waals surface area contributed by atoms with Crippen molar-refractivity contribution in [1.29, 1.82) is 0 Å². The molecule has 1 saturated heterocycles. The number of aliphatic imine (C=N–C) groups is 2. The molecule has 3 aliphatic heterocycles. The summed E-state index contributed by atoms with van der Waals surface area (Å²) in [5, 5.41) is 4.42. The first-order valence-electron chi connectivity index (χ1n) is 11.0. The number of hydrogen-bond donors (Lipinski definition) is 1. The number of thioether (sulfide) groups is 1. The first-order valence-corrected chi connectivity index (χ1v) is 12.3. The number of hydrogen-bond acceptors (Lipinski definition) is 7.